The van der Waals surface area contributed by atoms with Crippen LogP contribution in [0.15, 0.2) is 0 Å². The largest absolute Gasteiger partial charge is 0.355 e. The monoisotopic (exact) mass is 176 g/mol. The summed E-state index contributed by atoms with van der Waals surface area (Å²) in [5.41, 5.74) is 0. The topological polar surface area (TPSA) is 32.3 Å². The zero-order valence-electron chi connectivity index (χ0n) is 6.64. The predicted octanol–water partition coefficient (Wildman–Crippen LogP) is 0.741. The molecule has 3 nitrogen and oxygen atoms in total. The Hall–Kier alpha value is -0.280. The molecule has 1 unspecified atom stereocenters. The van der Waals surface area contributed by atoms with E-state index < -0.39 is 0 Å². The molecule has 0 saturated carbocycles. The fourth-order valence-electron chi connectivity index (χ4n) is 1.26. The molecular weight excluding hydrogens is 164 g/mol. The van der Waals surface area contributed by atoms with Gasteiger partial charge in [0.15, 0.2) is 0 Å². The van der Waals surface area contributed by atoms with E-state index in [9.17, 15) is 4.79 Å². The molecule has 11 heavy (non-hydrogen) atoms. The maximum absolute atomic E-state index is 10.5. The molecule has 1 amide bonds. The Bertz CT molecular complexity index is 151. The van der Waals surface area contributed by atoms with E-state index in [2.05, 4.69) is 5.32 Å². The summed E-state index contributed by atoms with van der Waals surface area (Å²) in [6, 6.07) is 0.334. The predicted molar refractivity (Wildman–Crippen MR) is 44.3 cm³/mol. The molecule has 1 atom stereocenters. The molecule has 1 saturated heterocycles. The van der Waals surface area contributed by atoms with Gasteiger partial charge in [-0.25, -0.2) is 4.42 Å². The van der Waals surface area contributed by atoms with Gasteiger partial charge in [0.05, 0.1) is 0 Å². The van der Waals surface area contributed by atoms with E-state index in [1.165, 1.54) is 6.92 Å². The van der Waals surface area contributed by atoms with Gasteiger partial charge in [-0.05, 0) is 24.6 Å². The molecule has 0 radical (unpaired) electrons. The van der Waals surface area contributed by atoms with Crippen LogP contribution in [0.25, 0.3) is 0 Å². The summed E-state index contributed by atoms with van der Waals surface area (Å²) in [6.07, 6.45) is 2.22. The van der Waals surface area contributed by atoms with Gasteiger partial charge in [0.1, 0.15) is 0 Å². The zero-order valence-corrected chi connectivity index (χ0v) is 7.40. The van der Waals surface area contributed by atoms with Gasteiger partial charge in [-0.1, -0.05) is 0 Å². The van der Waals surface area contributed by atoms with Crippen molar-refractivity contribution in [3.8, 4) is 0 Å². The van der Waals surface area contributed by atoms with Crippen molar-refractivity contribution in [3.05, 3.63) is 0 Å². The van der Waals surface area contributed by atoms with Crippen LogP contribution in [0.5, 0.6) is 0 Å². The molecule has 4 heteroatoms. The number of nitrogens with one attached hydrogen (secondary N) is 1. The Balaban J connectivity index is 2.20. The van der Waals surface area contributed by atoms with Crippen LogP contribution in [0, 0.1) is 0 Å². The normalized spacial score (nSPS) is 25.5. The van der Waals surface area contributed by atoms with Crippen LogP contribution >= 0.6 is 11.8 Å². The molecule has 0 aliphatic carbocycles. The van der Waals surface area contributed by atoms with Crippen molar-refractivity contribution < 1.29 is 4.79 Å². The van der Waals surface area contributed by atoms with E-state index in [4.69, 9.17) is 11.8 Å². The maximum atomic E-state index is 10.5. The minimum absolute atomic E-state index is 0.0157. The second-order valence-corrected chi connectivity index (χ2v) is 3.29. The van der Waals surface area contributed by atoms with Crippen molar-refractivity contribution >= 4 is 17.7 Å². The highest BCUT2D eigenvalue weighted by atomic mass is 35.5. The minimum Gasteiger partial charge on any atom is -0.355 e. The van der Waals surface area contributed by atoms with Gasteiger partial charge in [-0.15, -0.1) is 0 Å². The molecule has 0 spiro atoms. The van der Waals surface area contributed by atoms with Crippen LogP contribution in [0.1, 0.15) is 19.8 Å². The number of carbonyl (C=O) groups excluding carboxylic acids is 1. The fourth-order valence-corrected chi connectivity index (χ4v) is 1.55. The number of carbonyl (C=O) groups is 1. The minimum atomic E-state index is 0.0157. The maximum Gasteiger partial charge on any atom is 0.216 e. The Morgan fingerprint density at radius 2 is 2.55 bits per heavy atom. The van der Waals surface area contributed by atoms with E-state index >= 15 is 0 Å². The highest BCUT2D eigenvalue weighted by Gasteiger charge is 2.22. The van der Waals surface area contributed by atoms with E-state index in [0.717, 1.165) is 19.4 Å². The molecule has 0 aromatic rings. The third kappa shape index (κ3) is 2.67. The first kappa shape index (κ1) is 8.81. The van der Waals surface area contributed by atoms with Crippen LogP contribution in [-0.2, 0) is 4.79 Å². The van der Waals surface area contributed by atoms with Gasteiger partial charge in [-0.3, -0.25) is 4.79 Å². The van der Waals surface area contributed by atoms with E-state index in [1.807, 2.05) is 0 Å². The number of amides is 1. The number of hydrogen-bond acceptors (Lipinski definition) is 2. The molecule has 1 rings (SSSR count). The quantitative estimate of drug-likeness (QED) is 0.630. The standard InChI is InChI=1S/C7H13ClN2O/c1-6(11)9-5-7-3-2-4-10(7)8/h7H,2-5H2,1H3,(H,9,11). The zero-order chi connectivity index (χ0) is 8.27. The van der Waals surface area contributed by atoms with E-state index in [0.29, 0.717) is 12.6 Å². The second-order valence-electron chi connectivity index (χ2n) is 2.86. The van der Waals surface area contributed by atoms with Crippen molar-refractivity contribution in [2.24, 2.45) is 0 Å². The molecule has 0 aromatic carbocycles. The van der Waals surface area contributed by atoms with Crippen molar-refractivity contribution in [1.29, 1.82) is 0 Å². The molecule has 1 fully saturated rings. The first-order chi connectivity index (χ1) is 5.20. The third-order valence-electron chi connectivity index (χ3n) is 1.89. The summed E-state index contributed by atoms with van der Waals surface area (Å²) in [4.78, 5) is 10.5. The summed E-state index contributed by atoms with van der Waals surface area (Å²) in [5, 5.41) is 2.75. The van der Waals surface area contributed by atoms with Gasteiger partial charge in [0.25, 0.3) is 0 Å². The average Bonchev–Trinajstić information content (AvgIpc) is 2.31. The average molecular weight is 177 g/mol. The molecule has 0 aromatic heterocycles. The van der Waals surface area contributed by atoms with Gasteiger partial charge in [0, 0.05) is 26.1 Å². The number of nitrogens with zero attached hydrogens (tertiary/aromatic N) is 1. The lowest BCUT2D eigenvalue weighted by Crippen LogP contribution is -2.34. The Kier molecular flexibility index (Phi) is 3.15. The summed E-state index contributed by atoms with van der Waals surface area (Å²) in [5.74, 6) is 0.0157. The van der Waals surface area contributed by atoms with Crippen LogP contribution in [0.2, 0.25) is 0 Å². The first-order valence-electron chi connectivity index (χ1n) is 3.87. The SMILES string of the molecule is CC(=O)NCC1CCCN1Cl. The third-order valence-corrected chi connectivity index (χ3v) is 2.34. The lowest BCUT2D eigenvalue weighted by atomic mass is 10.2. The van der Waals surface area contributed by atoms with E-state index in [1.54, 1.807) is 4.42 Å². The molecular formula is C7H13ClN2O. The molecule has 1 aliphatic heterocycles. The van der Waals surface area contributed by atoms with Gasteiger partial charge in [-0.2, -0.15) is 0 Å². The molecule has 1 aliphatic rings. The van der Waals surface area contributed by atoms with E-state index in [-0.39, 0.29) is 5.91 Å². The Morgan fingerprint density at radius 1 is 1.82 bits per heavy atom. The van der Waals surface area contributed by atoms with Crippen LogP contribution in [0.4, 0.5) is 0 Å². The van der Waals surface area contributed by atoms with Gasteiger partial charge < -0.3 is 5.32 Å². The summed E-state index contributed by atoms with van der Waals surface area (Å²) >= 11 is 5.84. The highest BCUT2D eigenvalue weighted by molar-refractivity contribution is 6.13. The van der Waals surface area contributed by atoms with Crippen LogP contribution in [-0.4, -0.2) is 29.5 Å². The number of rotatable bonds is 2. The summed E-state index contributed by atoms with van der Waals surface area (Å²) in [7, 11) is 0. The highest BCUT2D eigenvalue weighted by Crippen LogP contribution is 2.17. The molecule has 1 N–H and O–H groups in total. The first-order valence-corrected chi connectivity index (χ1v) is 4.21. The Labute approximate surface area is 71.8 Å². The molecule has 0 bridgehead atoms. The van der Waals surface area contributed by atoms with Crippen molar-refractivity contribution in [2.75, 3.05) is 13.1 Å². The fraction of sp³-hybridized carbons (Fsp3) is 0.857. The Morgan fingerprint density at radius 3 is 3.00 bits per heavy atom. The number of halogens is 1. The summed E-state index contributed by atoms with van der Waals surface area (Å²) in [6.45, 7) is 3.14. The second kappa shape index (κ2) is 3.93. The lowest BCUT2D eigenvalue weighted by molar-refractivity contribution is -0.119. The smallest absolute Gasteiger partial charge is 0.216 e. The van der Waals surface area contributed by atoms with Crippen LogP contribution < -0.4 is 5.32 Å². The van der Waals surface area contributed by atoms with Crippen molar-refractivity contribution in [1.82, 2.24) is 9.74 Å². The molecule has 1 heterocycles. The van der Waals surface area contributed by atoms with Crippen LogP contribution in [0.3, 0.4) is 0 Å². The van der Waals surface area contributed by atoms with Crippen molar-refractivity contribution in [2.45, 2.75) is 25.8 Å². The van der Waals surface area contributed by atoms with Gasteiger partial charge in [0.2, 0.25) is 5.91 Å². The van der Waals surface area contributed by atoms with Gasteiger partial charge >= 0.3 is 0 Å². The lowest BCUT2D eigenvalue weighted by Gasteiger charge is -2.16. The molecule has 64 valence electrons. The summed E-state index contributed by atoms with van der Waals surface area (Å²) < 4.78 is 1.77. The number of hydrogen-bond donors (Lipinski definition) is 1. The van der Waals surface area contributed by atoms with Crippen molar-refractivity contribution in [3.63, 3.8) is 0 Å².